The summed E-state index contributed by atoms with van der Waals surface area (Å²) in [5.74, 6) is 0.402. The maximum atomic E-state index is 12.9. The van der Waals surface area contributed by atoms with Gasteiger partial charge < -0.3 is 0 Å². The molecule has 0 radical (unpaired) electrons. The Morgan fingerprint density at radius 1 is 1.19 bits per heavy atom. The molecule has 0 bridgehead atoms. The number of nitrogens with zero attached hydrogens (tertiary/aromatic N) is 2. The summed E-state index contributed by atoms with van der Waals surface area (Å²) in [6, 6.07) is 14.7. The molecular formula is C21H20ClN3O2. The van der Waals surface area contributed by atoms with Gasteiger partial charge in [-0.1, -0.05) is 49.7 Å². The van der Waals surface area contributed by atoms with Crippen LogP contribution in [0.2, 0.25) is 5.02 Å². The van der Waals surface area contributed by atoms with Gasteiger partial charge in [-0.15, -0.1) is 0 Å². The second-order valence-corrected chi connectivity index (χ2v) is 7.70. The zero-order valence-electron chi connectivity index (χ0n) is 15.1. The standard InChI is InChI=1S/C21H20ClN3O2/c1-12(2)19-23-18-6-4-3-5-15(18)21(27)25(19)24-20(26)17-11-16(17)13-7-9-14(22)10-8-13/h3-10,12,16-17H,11H2,1-2H3,(H,24,26)/t16-,17-/m1/s1. The molecule has 0 spiro atoms. The van der Waals surface area contributed by atoms with Crippen molar-refractivity contribution in [3.63, 3.8) is 0 Å². The first-order valence-corrected chi connectivity index (χ1v) is 9.41. The minimum Gasteiger partial charge on any atom is -0.273 e. The number of hydrogen-bond acceptors (Lipinski definition) is 3. The summed E-state index contributed by atoms with van der Waals surface area (Å²) in [7, 11) is 0. The number of amides is 1. The molecule has 1 aromatic heterocycles. The van der Waals surface area contributed by atoms with E-state index in [4.69, 9.17) is 11.6 Å². The smallest absolute Gasteiger partial charge is 0.273 e. The summed E-state index contributed by atoms with van der Waals surface area (Å²) >= 11 is 5.93. The summed E-state index contributed by atoms with van der Waals surface area (Å²) in [6.45, 7) is 3.90. The molecular weight excluding hydrogens is 362 g/mol. The fourth-order valence-corrected chi connectivity index (χ4v) is 3.53. The van der Waals surface area contributed by atoms with Crippen LogP contribution >= 0.6 is 11.6 Å². The maximum Gasteiger partial charge on any atom is 0.280 e. The lowest BCUT2D eigenvalue weighted by Crippen LogP contribution is -2.37. The molecule has 2 aromatic carbocycles. The van der Waals surface area contributed by atoms with Crippen LogP contribution < -0.4 is 11.0 Å². The third-order valence-electron chi connectivity index (χ3n) is 4.97. The molecule has 1 aliphatic rings. The third kappa shape index (κ3) is 3.35. The Morgan fingerprint density at radius 3 is 2.59 bits per heavy atom. The lowest BCUT2D eigenvalue weighted by molar-refractivity contribution is -0.118. The van der Waals surface area contributed by atoms with Crippen molar-refractivity contribution >= 4 is 28.4 Å². The van der Waals surface area contributed by atoms with Gasteiger partial charge in [-0.2, -0.15) is 0 Å². The maximum absolute atomic E-state index is 12.9. The van der Waals surface area contributed by atoms with Crippen LogP contribution in [0.3, 0.4) is 0 Å². The topological polar surface area (TPSA) is 64.0 Å². The lowest BCUT2D eigenvalue weighted by Gasteiger charge is -2.16. The Morgan fingerprint density at radius 2 is 1.89 bits per heavy atom. The second-order valence-electron chi connectivity index (χ2n) is 7.26. The van der Waals surface area contributed by atoms with Crippen LogP contribution in [-0.4, -0.2) is 15.6 Å². The van der Waals surface area contributed by atoms with Crippen molar-refractivity contribution in [2.45, 2.75) is 32.1 Å². The van der Waals surface area contributed by atoms with Crippen LogP contribution in [0, 0.1) is 5.92 Å². The van der Waals surface area contributed by atoms with Gasteiger partial charge in [0.25, 0.3) is 5.56 Å². The van der Waals surface area contributed by atoms with E-state index in [1.807, 2.05) is 50.2 Å². The molecule has 1 fully saturated rings. The number of fused-ring (bicyclic) bond motifs is 1. The lowest BCUT2D eigenvalue weighted by atomic mass is 10.1. The number of nitrogens with one attached hydrogen (secondary N) is 1. The van der Waals surface area contributed by atoms with Gasteiger partial charge in [0.05, 0.1) is 10.9 Å². The highest BCUT2D eigenvalue weighted by Gasteiger charge is 2.44. The van der Waals surface area contributed by atoms with Crippen molar-refractivity contribution < 1.29 is 4.79 Å². The molecule has 0 aliphatic heterocycles. The minimum atomic E-state index is -0.249. The summed E-state index contributed by atoms with van der Waals surface area (Å²) in [6.07, 6.45) is 0.764. The first-order chi connectivity index (χ1) is 13.0. The van der Waals surface area contributed by atoms with Gasteiger partial charge in [0.2, 0.25) is 5.91 Å². The Kier molecular flexibility index (Phi) is 4.48. The first-order valence-electron chi connectivity index (χ1n) is 9.03. The summed E-state index contributed by atoms with van der Waals surface area (Å²) in [5, 5.41) is 1.17. The number of benzene rings is 2. The number of para-hydroxylation sites is 1. The Balaban J connectivity index is 1.62. The van der Waals surface area contributed by atoms with E-state index >= 15 is 0 Å². The van der Waals surface area contributed by atoms with E-state index in [1.165, 1.54) is 4.68 Å². The van der Waals surface area contributed by atoms with E-state index in [1.54, 1.807) is 12.1 Å². The summed E-state index contributed by atoms with van der Waals surface area (Å²) in [5.41, 5.74) is 4.28. The molecule has 1 amide bonds. The molecule has 5 nitrogen and oxygen atoms in total. The number of aromatic nitrogens is 2. The highest BCUT2D eigenvalue weighted by Crippen LogP contribution is 2.47. The second kappa shape index (κ2) is 6.82. The summed E-state index contributed by atoms with van der Waals surface area (Å²) < 4.78 is 1.31. The van der Waals surface area contributed by atoms with Crippen molar-refractivity contribution in [2.75, 3.05) is 5.43 Å². The molecule has 6 heteroatoms. The summed E-state index contributed by atoms with van der Waals surface area (Å²) in [4.78, 5) is 30.3. The zero-order chi connectivity index (χ0) is 19.1. The molecule has 3 aromatic rings. The molecule has 4 rings (SSSR count). The SMILES string of the molecule is CC(C)c1nc2ccccc2c(=O)n1NC(=O)[C@@H]1C[C@@H]1c1ccc(Cl)cc1. The highest BCUT2D eigenvalue weighted by molar-refractivity contribution is 6.30. The van der Waals surface area contributed by atoms with Gasteiger partial charge in [-0.25, -0.2) is 9.66 Å². The van der Waals surface area contributed by atoms with Crippen LogP contribution in [0.1, 0.15) is 43.5 Å². The van der Waals surface area contributed by atoms with Crippen molar-refractivity contribution in [3.05, 3.63) is 75.3 Å². The molecule has 1 saturated carbocycles. The Bertz CT molecular complexity index is 1070. The van der Waals surface area contributed by atoms with Gasteiger partial charge in [-0.05, 0) is 42.2 Å². The Hall–Kier alpha value is -2.66. The minimum absolute atomic E-state index is 0.00567. The van der Waals surface area contributed by atoms with Gasteiger partial charge >= 0.3 is 0 Å². The van der Waals surface area contributed by atoms with E-state index in [0.29, 0.717) is 21.7 Å². The van der Waals surface area contributed by atoms with Crippen molar-refractivity contribution in [1.29, 1.82) is 0 Å². The van der Waals surface area contributed by atoms with E-state index in [9.17, 15) is 9.59 Å². The predicted molar refractivity (Wildman–Crippen MR) is 107 cm³/mol. The quantitative estimate of drug-likeness (QED) is 0.741. The third-order valence-corrected chi connectivity index (χ3v) is 5.22. The number of carbonyl (C=O) groups excluding carboxylic acids is 1. The first kappa shape index (κ1) is 17.7. The molecule has 1 aliphatic carbocycles. The molecule has 0 unspecified atom stereocenters. The molecule has 1 N–H and O–H groups in total. The number of halogens is 1. The average molecular weight is 382 g/mol. The monoisotopic (exact) mass is 381 g/mol. The van der Waals surface area contributed by atoms with Crippen LogP contribution in [0.4, 0.5) is 0 Å². The van der Waals surface area contributed by atoms with Crippen LogP contribution in [-0.2, 0) is 4.79 Å². The zero-order valence-corrected chi connectivity index (χ0v) is 15.9. The van der Waals surface area contributed by atoms with Crippen LogP contribution in [0.25, 0.3) is 10.9 Å². The molecule has 0 saturated heterocycles. The normalized spacial score (nSPS) is 18.7. The van der Waals surface area contributed by atoms with Crippen molar-refractivity contribution in [2.24, 2.45) is 5.92 Å². The number of rotatable bonds is 4. The molecule has 138 valence electrons. The highest BCUT2D eigenvalue weighted by atomic mass is 35.5. The van der Waals surface area contributed by atoms with Gasteiger partial charge in [-0.3, -0.25) is 15.0 Å². The van der Waals surface area contributed by atoms with Crippen LogP contribution in [0.5, 0.6) is 0 Å². The molecule has 2 atom stereocenters. The van der Waals surface area contributed by atoms with E-state index in [0.717, 1.165) is 12.0 Å². The van der Waals surface area contributed by atoms with Gasteiger partial charge in [0.1, 0.15) is 5.82 Å². The molecule has 27 heavy (non-hydrogen) atoms. The number of carbonyl (C=O) groups is 1. The van der Waals surface area contributed by atoms with Crippen molar-refractivity contribution in [3.8, 4) is 0 Å². The fourth-order valence-electron chi connectivity index (χ4n) is 3.40. The van der Waals surface area contributed by atoms with E-state index in [-0.39, 0.29) is 29.2 Å². The van der Waals surface area contributed by atoms with Crippen LogP contribution in [0.15, 0.2) is 53.3 Å². The largest absolute Gasteiger partial charge is 0.280 e. The average Bonchev–Trinajstić information content (AvgIpc) is 3.45. The van der Waals surface area contributed by atoms with Gasteiger partial charge in [0, 0.05) is 16.9 Å². The predicted octanol–water partition coefficient (Wildman–Crippen LogP) is 4.05. The van der Waals surface area contributed by atoms with Gasteiger partial charge in [0.15, 0.2) is 0 Å². The van der Waals surface area contributed by atoms with E-state index < -0.39 is 0 Å². The Labute approximate surface area is 162 Å². The number of hydrogen-bond donors (Lipinski definition) is 1. The van der Waals surface area contributed by atoms with Crippen molar-refractivity contribution in [1.82, 2.24) is 9.66 Å². The molecule has 1 heterocycles. The fraction of sp³-hybridized carbons (Fsp3) is 0.286. The van der Waals surface area contributed by atoms with E-state index in [2.05, 4.69) is 10.4 Å².